The van der Waals surface area contributed by atoms with E-state index in [0.717, 1.165) is 28.4 Å². The number of carbonyl (C=O) groups is 2. The van der Waals surface area contributed by atoms with Gasteiger partial charge in [0.15, 0.2) is 0 Å². The third kappa shape index (κ3) is 9.28. The summed E-state index contributed by atoms with van der Waals surface area (Å²) in [6.07, 6.45) is 2.62. The normalized spacial score (nSPS) is 12.2. The number of sulfonamides is 1. The lowest BCUT2D eigenvalue weighted by molar-refractivity contribution is -0.141. The highest BCUT2D eigenvalue weighted by Crippen LogP contribution is 2.19. The summed E-state index contributed by atoms with van der Waals surface area (Å²) in [4.78, 5) is 29.1. The Bertz CT molecular complexity index is 1320. The van der Waals surface area contributed by atoms with Gasteiger partial charge in [-0.3, -0.25) is 9.59 Å². The number of hydrogen-bond acceptors (Lipinski definition) is 4. The maximum Gasteiger partial charge on any atom is 0.243 e. The van der Waals surface area contributed by atoms with Crippen molar-refractivity contribution in [3.63, 3.8) is 0 Å². The predicted octanol–water partition coefficient (Wildman–Crippen LogP) is 5.41. The minimum Gasteiger partial charge on any atom is -0.354 e. The Morgan fingerprint density at radius 2 is 1.50 bits per heavy atom. The van der Waals surface area contributed by atoms with E-state index in [4.69, 9.17) is 0 Å². The Hall–Kier alpha value is -3.01. The molecule has 1 N–H and O–H groups in total. The molecule has 3 aromatic carbocycles. The molecule has 40 heavy (non-hydrogen) atoms. The monoisotopic (exact) mass is 627 g/mol. The number of halogens is 1. The van der Waals surface area contributed by atoms with Gasteiger partial charge in [0.1, 0.15) is 6.04 Å². The van der Waals surface area contributed by atoms with Crippen molar-refractivity contribution in [2.45, 2.75) is 56.5 Å². The molecule has 0 fully saturated rings. The van der Waals surface area contributed by atoms with Crippen molar-refractivity contribution in [3.05, 3.63) is 101 Å². The lowest BCUT2D eigenvalue weighted by atomic mass is 10.0. The van der Waals surface area contributed by atoms with Gasteiger partial charge in [0.2, 0.25) is 21.8 Å². The maximum atomic E-state index is 13.8. The smallest absolute Gasteiger partial charge is 0.243 e. The summed E-state index contributed by atoms with van der Waals surface area (Å²) < 4.78 is 28.0. The number of rotatable bonds is 15. The molecule has 3 aromatic rings. The van der Waals surface area contributed by atoms with Gasteiger partial charge < -0.3 is 10.2 Å². The van der Waals surface area contributed by atoms with Crippen LogP contribution in [0.15, 0.2) is 94.3 Å². The molecule has 0 bridgehead atoms. The Balaban J connectivity index is 1.80. The second-order valence-corrected chi connectivity index (χ2v) is 12.7. The van der Waals surface area contributed by atoms with Crippen molar-refractivity contribution < 1.29 is 18.0 Å². The summed E-state index contributed by atoms with van der Waals surface area (Å²) in [7, 11) is -2.13. The quantitative estimate of drug-likeness (QED) is 0.228. The van der Waals surface area contributed by atoms with E-state index in [2.05, 4.69) is 28.2 Å². The third-order valence-electron chi connectivity index (χ3n) is 6.68. The number of carbonyl (C=O) groups excluding carboxylic acids is 2. The number of nitrogens with one attached hydrogen (secondary N) is 1. The highest BCUT2D eigenvalue weighted by molar-refractivity contribution is 9.10. The van der Waals surface area contributed by atoms with E-state index in [0.29, 0.717) is 19.4 Å². The van der Waals surface area contributed by atoms with Crippen LogP contribution in [0.5, 0.6) is 0 Å². The lowest BCUT2D eigenvalue weighted by Crippen LogP contribution is -2.50. The molecule has 3 rings (SSSR count). The number of hydrogen-bond donors (Lipinski definition) is 1. The van der Waals surface area contributed by atoms with Crippen molar-refractivity contribution >= 4 is 37.8 Å². The average Bonchev–Trinajstić information content (AvgIpc) is 2.96. The zero-order chi connectivity index (χ0) is 29.0. The third-order valence-corrected chi connectivity index (χ3v) is 9.08. The zero-order valence-electron chi connectivity index (χ0n) is 23.1. The van der Waals surface area contributed by atoms with E-state index in [1.807, 2.05) is 54.6 Å². The van der Waals surface area contributed by atoms with Crippen molar-refractivity contribution in [1.82, 2.24) is 14.5 Å². The molecule has 1 atom stereocenters. The van der Waals surface area contributed by atoms with Crippen LogP contribution in [0.1, 0.15) is 43.7 Å². The zero-order valence-corrected chi connectivity index (χ0v) is 25.5. The van der Waals surface area contributed by atoms with E-state index in [1.165, 1.54) is 11.4 Å². The largest absolute Gasteiger partial charge is 0.354 e. The molecule has 7 nitrogen and oxygen atoms in total. The van der Waals surface area contributed by atoms with E-state index < -0.39 is 16.1 Å². The SMILES string of the molecule is CCCCNC(=O)[C@H](Cc1ccccc1)N(Cc1ccc(Br)cc1)C(=O)CCCN(C)S(=O)(=O)c1ccccc1. The Morgan fingerprint density at radius 3 is 2.12 bits per heavy atom. The number of nitrogens with zero attached hydrogens (tertiary/aromatic N) is 2. The maximum absolute atomic E-state index is 13.8. The number of unbranched alkanes of at least 4 members (excludes halogenated alkanes) is 1. The molecular formula is C31H38BrN3O4S. The van der Waals surface area contributed by atoms with Gasteiger partial charge in [0, 0.05) is 44.0 Å². The summed E-state index contributed by atoms with van der Waals surface area (Å²) in [5, 5.41) is 3.02. The predicted molar refractivity (Wildman–Crippen MR) is 162 cm³/mol. The Labute approximate surface area is 246 Å². The van der Waals surface area contributed by atoms with Crippen LogP contribution < -0.4 is 5.32 Å². The van der Waals surface area contributed by atoms with Crippen LogP contribution >= 0.6 is 15.9 Å². The van der Waals surface area contributed by atoms with Crippen molar-refractivity contribution in [2.75, 3.05) is 20.1 Å². The van der Waals surface area contributed by atoms with Crippen LogP contribution in [-0.2, 0) is 32.6 Å². The molecule has 0 aromatic heterocycles. The number of amides is 2. The fourth-order valence-electron chi connectivity index (χ4n) is 4.34. The molecule has 0 aliphatic heterocycles. The molecule has 0 unspecified atom stereocenters. The van der Waals surface area contributed by atoms with E-state index in [9.17, 15) is 18.0 Å². The molecule has 9 heteroatoms. The van der Waals surface area contributed by atoms with Gasteiger partial charge in [-0.05, 0) is 48.2 Å². The lowest BCUT2D eigenvalue weighted by Gasteiger charge is -2.32. The van der Waals surface area contributed by atoms with Crippen LogP contribution in [0.3, 0.4) is 0 Å². The highest BCUT2D eigenvalue weighted by atomic mass is 79.9. The molecule has 0 heterocycles. The molecule has 2 amide bonds. The molecular weight excluding hydrogens is 590 g/mol. The van der Waals surface area contributed by atoms with Gasteiger partial charge in [-0.15, -0.1) is 0 Å². The topological polar surface area (TPSA) is 86.8 Å². The summed E-state index contributed by atoms with van der Waals surface area (Å²) in [5.41, 5.74) is 1.86. The summed E-state index contributed by atoms with van der Waals surface area (Å²) in [6, 6.07) is 24.9. The van der Waals surface area contributed by atoms with E-state index in [-0.39, 0.29) is 36.2 Å². The molecule has 0 spiro atoms. The van der Waals surface area contributed by atoms with Crippen molar-refractivity contribution in [1.29, 1.82) is 0 Å². The molecule has 0 saturated carbocycles. The standard InChI is InChI=1S/C31H38BrN3O4S/c1-3-4-21-33-31(37)29(23-25-12-7-5-8-13-25)35(24-26-17-19-27(32)20-18-26)30(36)16-11-22-34(2)40(38,39)28-14-9-6-10-15-28/h5-10,12-15,17-20,29H,3-4,11,16,21-24H2,1-2H3,(H,33,37)/t29-/m0/s1. The highest BCUT2D eigenvalue weighted by Gasteiger charge is 2.30. The second kappa shape index (κ2) is 15.7. The van der Waals surface area contributed by atoms with Crippen molar-refractivity contribution in [3.8, 4) is 0 Å². The fourth-order valence-corrected chi connectivity index (χ4v) is 5.83. The number of benzene rings is 3. The Kier molecular flexibility index (Phi) is 12.4. The average molecular weight is 629 g/mol. The second-order valence-electron chi connectivity index (χ2n) is 9.74. The first-order valence-corrected chi connectivity index (χ1v) is 15.8. The minimum absolute atomic E-state index is 0.110. The molecule has 214 valence electrons. The minimum atomic E-state index is -3.65. The molecule has 0 radical (unpaired) electrons. The van der Waals surface area contributed by atoms with Gasteiger partial charge in [-0.2, -0.15) is 0 Å². The van der Waals surface area contributed by atoms with Crippen LogP contribution in [0.2, 0.25) is 0 Å². The van der Waals surface area contributed by atoms with Gasteiger partial charge in [-0.1, -0.05) is 89.9 Å². The van der Waals surface area contributed by atoms with Crippen LogP contribution in [0, 0.1) is 0 Å². The van der Waals surface area contributed by atoms with E-state index in [1.54, 1.807) is 35.2 Å². The van der Waals surface area contributed by atoms with E-state index >= 15 is 0 Å². The first-order valence-electron chi connectivity index (χ1n) is 13.6. The fraction of sp³-hybridized carbons (Fsp3) is 0.355. The van der Waals surface area contributed by atoms with Crippen LogP contribution in [0.25, 0.3) is 0 Å². The summed E-state index contributed by atoms with van der Waals surface area (Å²) in [5.74, 6) is -0.383. The van der Waals surface area contributed by atoms with Gasteiger partial charge in [0.25, 0.3) is 0 Å². The summed E-state index contributed by atoms with van der Waals surface area (Å²) in [6.45, 7) is 3.05. The molecule has 0 saturated heterocycles. The summed E-state index contributed by atoms with van der Waals surface area (Å²) >= 11 is 3.45. The van der Waals surface area contributed by atoms with Gasteiger partial charge in [0.05, 0.1) is 4.90 Å². The van der Waals surface area contributed by atoms with Gasteiger partial charge >= 0.3 is 0 Å². The van der Waals surface area contributed by atoms with Crippen molar-refractivity contribution in [2.24, 2.45) is 0 Å². The molecule has 0 aliphatic rings. The van der Waals surface area contributed by atoms with Crippen LogP contribution in [0.4, 0.5) is 0 Å². The van der Waals surface area contributed by atoms with Gasteiger partial charge in [-0.25, -0.2) is 12.7 Å². The Morgan fingerprint density at radius 1 is 0.875 bits per heavy atom. The first-order chi connectivity index (χ1) is 19.2. The molecule has 0 aliphatic carbocycles. The first kappa shape index (κ1) is 31.5. The van der Waals surface area contributed by atoms with Crippen LogP contribution in [-0.4, -0.2) is 55.6 Å².